The number of hydrogen-bond donors (Lipinski definition) is 0. The molecule has 2 atom stereocenters. The minimum Gasteiger partial charge on any atom is -0.343 e. The van der Waals surface area contributed by atoms with Gasteiger partial charge < -0.3 is 4.90 Å². The quantitative estimate of drug-likeness (QED) is 0.791. The minimum absolute atomic E-state index is 0.0495. The minimum atomic E-state index is -0.213. The maximum absolute atomic E-state index is 12.8. The molecule has 2 unspecified atom stereocenters. The Bertz CT molecular complexity index is 452. The molecule has 0 spiro atoms. The molecule has 2 heteroatoms. The number of carbonyl (C=O) groups is 1. The van der Waals surface area contributed by atoms with Gasteiger partial charge in [-0.1, -0.05) is 37.3 Å². The second-order valence-corrected chi connectivity index (χ2v) is 5.79. The van der Waals surface area contributed by atoms with Crippen LogP contribution < -0.4 is 0 Å². The molecule has 0 saturated heterocycles. The summed E-state index contributed by atoms with van der Waals surface area (Å²) in [5, 5.41) is 0. The maximum Gasteiger partial charge on any atom is 0.229 e. The summed E-state index contributed by atoms with van der Waals surface area (Å²) in [6, 6.07) is 10.5. The lowest BCUT2D eigenvalue weighted by Crippen LogP contribution is -2.39. The van der Waals surface area contributed by atoms with Crippen molar-refractivity contribution in [3.63, 3.8) is 0 Å². The van der Waals surface area contributed by atoms with Crippen LogP contribution in [0, 0.1) is 5.41 Å². The first-order chi connectivity index (χ1) is 9.05. The molecule has 1 saturated carbocycles. The van der Waals surface area contributed by atoms with Gasteiger partial charge in [0.15, 0.2) is 0 Å². The normalized spacial score (nSPS) is 29.1. The van der Waals surface area contributed by atoms with Gasteiger partial charge in [0.25, 0.3) is 0 Å². The fraction of sp³-hybridized carbons (Fsp3) is 0.588. The van der Waals surface area contributed by atoms with Gasteiger partial charge in [0.2, 0.25) is 5.91 Å². The number of carbonyl (C=O) groups excluding carboxylic acids is 1. The molecule has 104 valence electrons. The Morgan fingerprint density at radius 2 is 1.74 bits per heavy atom. The van der Waals surface area contributed by atoms with Crippen molar-refractivity contribution in [1.82, 2.24) is 4.90 Å². The van der Waals surface area contributed by atoms with E-state index < -0.39 is 0 Å². The first-order valence-electron chi connectivity index (χ1n) is 7.40. The number of amides is 1. The SMILES string of the molecule is CCN(CC)C(=O)C1(C)CC1(CC)c1ccccc1. The molecule has 0 bridgehead atoms. The van der Waals surface area contributed by atoms with Gasteiger partial charge in [0.1, 0.15) is 0 Å². The highest BCUT2D eigenvalue weighted by molar-refractivity contribution is 5.88. The van der Waals surface area contributed by atoms with Gasteiger partial charge in [-0.05, 0) is 39.2 Å². The van der Waals surface area contributed by atoms with Gasteiger partial charge in [-0.25, -0.2) is 0 Å². The van der Waals surface area contributed by atoms with E-state index in [4.69, 9.17) is 0 Å². The highest BCUT2D eigenvalue weighted by Gasteiger charge is 2.68. The third-order valence-electron chi connectivity index (χ3n) is 5.04. The van der Waals surface area contributed by atoms with Crippen LogP contribution in [0.3, 0.4) is 0 Å². The van der Waals surface area contributed by atoms with E-state index in [2.05, 4.69) is 52.0 Å². The van der Waals surface area contributed by atoms with Gasteiger partial charge in [-0.2, -0.15) is 0 Å². The molecule has 19 heavy (non-hydrogen) atoms. The second kappa shape index (κ2) is 4.99. The summed E-state index contributed by atoms with van der Waals surface area (Å²) >= 11 is 0. The molecule has 2 nitrogen and oxygen atoms in total. The van der Waals surface area contributed by atoms with Crippen molar-refractivity contribution in [3.8, 4) is 0 Å². The van der Waals surface area contributed by atoms with Gasteiger partial charge >= 0.3 is 0 Å². The molecule has 0 N–H and O–H groups in total. The van der Waals surface area contributed by atoms with Crippen molar-refractivity contribution in [2.75, 3.05) is 13.1 Å². The third-order valence-corrected chi connectivity index (χ3v) is 5.04. The number of benzene rings is 1. The summed E-state index contributed by atoms with van der Waals surface area (Å²) in [4.78, 5) is 14.7. The van der Waals surface area contributed by atoms with Gasteiger partial charge in [-0.15, -0.1) is 0 Å². The summed E-state index contributed by atoms with van der Waals surface area (Å²) < 4.78 is 0. The van der Waals surface area contributed by atoms with Crippen molar-refractivity contribution >= 4 is 5.91 Å². The number of nitrogens with zero attached hydrogens (tertiary/aromatic N) is 1. The molecular weight excluding hydrogens is 234 g/mol. The molecule has 1 fully saturated rings. The molecule has 2 rings (SSSR count). The van der Waals surface area contributed by atoms with Crippen molar-refractivity contribution < 1.29 is 4.79 Å². The maximum atomic E-state index is 12.8. The van der Waals surface area contributed by atoms with Crippen LogP contribution in [0.5, 0.6) is 0 Å². The van der Waals surface area contributed by atoms with E-state index in [0.29, 0.717) is 5.91 Å². The number of rotatable bonds is 5. The largest absolute Gasteiger partial charge is 0.343 e. The van der Waals surface area contributed by atoms with Crippen LogP contribution in [0.4, 0.5) is 0 Å². The molecule has 0 radical (unpaired) electrons. The summed E-state index contributed by atoms with van der Waals surface area (Å²) in [5.41, 5.74) is 1.16. The third kappa shape index (κ3) is 1.98. The average Bonchev–Trinajstić information content (AvgIpc) is 3.09. The lowest BCUT2D eigenvalue weighted by molar-refractivity contribution is -0.136. The Morgan fingerprint density at radius 1 is 1.16 bits per heavy atom. The fourth-order valence-corrected chi connectivity index (χ4v) is 3.60. The van der Waals surface area contributed by atoms with E-state index in [-0.39, 0.29) is 10.8 Å². The van der Waals surface area contributed by atoms with Crippen LogP contribution in [0.1, 0.15) is 46.1 Å². The Labute approximate surface area is 116 Å². The molecule has 1 aromatic rings. The molecule has 1 aliphatic carbocycles. The van der Waals surface area contributed by atoms with Crippen LogP contribution >= 0.6 is 0 Å². The fourth-order valence-electron chi connectivity index (χ4n) is 3.60. The molecule has 1 aliphatic rings. The highest BCUT2D eigenvalue weighted by Crippen LogP contribution is 2.67. The Balaban J connectivity index is 2.31. The van der Waals surface area contributed by atoms with Gasteiger partial charge in [-0.3, -0.25) is 4.79 Å². The second-order valence-electron chi connectivity index (χ2n) is 5.79. The van der Waals surface area contributed by atoms with Crippen LogP contribution in [-0.4, -0.2) is 23.9 Å². The molecule has 1 aromatic carbocycles. The standard InChI is InChI=1S/C17H25NO/c1-5-17(14-11-9-8-10-12-14)13-16(17,4)15(19)18(6-2)7-3/h8-12H,5-7,13H2,1-4H3. The first kappa shape index (κ1) is 14.1. The highest BCUT2D eigenvalue weighted by atomic mass is 16.2. The van der Waals surface area contributed by atoms with Crippen molar-refractivity contribution in [2.45, 2.75) is 46.0 Å². The van der Waals surface area contributed by atoms with E-state index in [9.17, 15) is 4.79 Å². The zero-order valence-corrected chi connectivity index (χ0v) is 12.6. The molecule has 1 amide bonds. The van der Waals surface area contributed by atoms with Crippen LogP contribution in [0.2, 0.25) is 0 Å². The lowest BCUT2D eigenvalue weighted by atomic mass is 9.84. The summed E-state index contributed by atoms with van der Waals surface area (Å²) in [6.07, 6.45) is 2.01. The Hall–Kier alpha value is -1.31. The van der Waals surface area contributed by atoms with Crippen LogP contribution in [0.25, 0.3) is 0 Å². The monoisotopic (exact) mass is 259 g/mol. The van der Waals surface area contributed by atoms with E-state index in [1.807, 2.05) is 11.0 Å². The first-order valence-corrected chi connectivity index (χ1v) is 7.40. The van der Waals surface area contributed by atoms with E-state index >= 15 is 0 Å². The zero-order valence-electron chi connectivity index (χ0n) is 12.6. The van der Waals surface area contributed by atoms with E-state index in [1.165, 1.54) is 5.56 Å². The molecule has 0 aliphatic heterocycles. The van der Waals surface area contributed by atoms with Gasteiger partial charge in [0.05, 0.1) is 5.41 Å². The van der Waals surface area contributed by atoms with Crippen LogP contribution in [-0.2, 0) is 10.2 Å². The molecule has 0 heterocycles. The molecular formula is C17H25NO. The van der Waals surface area contributed by atoms with Crippen LogP contribution in [0.15, 0.2) is 30.3 Å². The Kier molecular flexibility index (Phi) is 3.71. The summed E-state index contributed by atoms with van der Waals surface area (Å²) in [6.45, 7) is 10.1. The van der Waals surface area contributed by atoms with Gasteiger partial charge in [0, 0.05) is 18.5 Å². The topological polar surface area (TPSA) is 20.3 Å². The predicted molar refractivity (Wildman–Crippen MR) is 79.1 cm³/mol. The lowest BCUT2D eigenvalue weighted by Gasteiger charge is -2.27. The Morgan fingerprint density at radius 3 is 2.21 bits per heavy atom. The number of hydrogen-bond acceptors (Lipinski definition) is 1. The molecule has 0 aromatic heterocycles. The van der Waals surface area contributed by atoms with E-state index in [0.717, 1.165) is 25.9 Å². The summed E-state index contributed by atoms with van der Waals surface area (Å²) in [7, 11) is 0. The van der Waals surface area contributed by atoms with E-state index in [1.54, 1.807) is 0 Å². The smallest absolute Gasteiger partial charge is 0.229 e. The van der Waals surface area contributed by atoms with Crippen molar-refractivity contribution in [3.05, 3.63) is 35.9 Å². The average molecular weight is 259 g/mol. The van der Waals surface area contributed by atoms with Crippen molar-refractivity contribution in [2.24, 2.45) is 5.41 Å². The van der Waals surface area contributed by atoms with Crippen molar-refractivity contribution in [1.29, 1.82) is 0 Å². The predicted octanol–water partition coefficient (Wildman–Crippen LogP) is 3.61. The summed E-state index contributed by atoms with van der Waals surface area (Å²) in [5.74, 6) is 0.322. The zero-order chi connectivity index (χ0) is 14.1.